The molecule has 2 aromatic rings. The molecule has 2 aromatic carbocycles. The van der Waals surface area contributed by atoms with E-state index in [2.05, 4.69) is 33.1 Å². The van der Waals surface area contributed by atoms with Gasteiger partial charge in [-0.3, -0.25) is 14.5 Å². The topological polar surface area (TPSA) is 105 Å². The summed E-state index contributed by atoms with van der Waals surface area (Å²) in [4.78, 5) is 28.6. The number of ether oxygens (including phenoxy) is 1. The van der Waals surface area contributed by atoms with Crippen molar-refractivity contribution in [3.63, 3.8) is 0 Å². The van der Waals surface area contributed by atoms with Gasteiger partial charge in [0.25, 0.3) is 0 Å². The van der Waals surface area contributed by atoms with E-state index in [1.54, 1.807) is 20.8 Å². The Hall–Kier alpha value is -2.17. The van der Waals surface area contributed by atoms with Crippen LogP contribution in [0.1, 0.15) is 82.0 Å². The van der Waals surface area contributed by atoms with Gasteiger partial charge in [0.1, 0.15) is 11.6 Å². The van der Waals surface area contributed by atoms with Gasteiger partial charge in [-0.2, -0.15) is 4.72 Å². The summed E-state index contributed by atoms with van der Waals surface area (Å²) in [5.74, 6) is -1.30. The van der Waals surface area contributed by atoms with Crippen molar-refractivity contribution in [1.29, 1.82) is 0 Å². The number of likely N-dealkylation sites (tertiary alicyclic amines) is 1. The first-order chi connectivity index (χ1) is 19.3. The van der Waals surface area contributed by atoms with E-state index in [1.165, 1.54) is 48.6 Å². The van der Waals surface area contributed by atoms with Gasteiger partial charge in [0.2, 0.25) is 15.9 Å². The molecule has 0 radical (unpaired) electrons. The number of sulfonamides is 1. The third-order valence-corrected chi connectivity index (χ3v) is 9.50. The number of hydrogen-bond donors (Lipinski definition) is 2. The highest BCUT2D eigenvalue weighted by Gasteiger charge is 2.33. The van der Waals surface area contributed by atoms with Crippen LogP contribution < -0.4 is 10.0 Å². The zero-order valence-corrected chi connectivity index (χ0v) is 26.2. The van der Waals surface area contributed by atoms with Crippen LogP contribution in [0.2, 0.25) is 10.0 Å². The van der Waals surface area contributed by atoms with Crippen LogP contribution in [0.4, 0.5) is 0 Å². The van der Waals surface area contributed by atoms with Crippen molar-refractivity contribution in [3.05, 3.63) is 63.1 Å². The summed E-state index contributed by atoms with van der Waals surface area (Å²) in [5, 5.41) is 3.28. The van der Waals surface area contributed by atoms with Crippen molar-refractivity contribution in [3.8, 4) is 0 Å². The average Bonchev–Trinajstić information content (AvgIpc) is 2.89. The van der Waals surface area contributed by atoms with Gasteiger partial charge in [-0.15, -0.1) is 0 Å². The summed E-state index contributed by atoms with van der Waals surface area (Å²) in [7, 11) is -4.22. The number of fused-ring (bicyclic) bond motifs is 1. The minimum atomic E-state index is -4.22. The van der Waals surface area contributed by atoms with Gasteiger partial charge in [0.15, 0.2) is 0 Å². The number of hydrogen-bond acceptors (Lipinski definition) is 6. The molecule has 2 aliphatic rings. The van der Waals surface area contributed by atoms with E-state index in [0.717, 1.165) is 44.5 Å². The molecule has 0 saturated carbocycles. The minimum Gasteiger partial charge on any atom is -0.459 e. The molecule has 1 amide bonds. The van der Waals surface area contributed by atoms with Crippen LogP contribution in [-0.4, -0.2) is 49.9 Å². The lowest BCUT2D eigenvalue weighted by atomic mass is 9.86. The van der Waals surface area contributed by atoms with Crippen molar-refractivity contribution in [2.75, 3.05) is 13.1 Å². The van der Waals surface area contributed by atoms with Crippen LogP contribution in [0.3, 0.4) is 0 Å². The van der Waals surface area contributed by atoms with Crippen LogP contribution in [0, 0.1) is 0 Å². The fraction of sp³-hybridized carbons (Fsp3) is 0.533. The predicted molar refractivity (Wildman–Crippen MR) is 160 cm³/mol. The standard InChI is InChI=1S/C30H39Cl2N3O5S/c1-30(2,3)40-29(37)27(34-41(38,39)22-11-13-24(31)25(32)17-22)18-28(36)33-26-9-7-8-21-16-20(10-12-23(21)26)19-35-14-5-4-6-15-35/h10-13,16-17,26-27,34H,4-9,14-15,18-19H2,1-3H3,(H,33,36)/t26-,27-/m1/s1. The van der Waals surface area contributed by atoms with E-state index in [9.17, 15) is 18.0 Å². The van der Waals surface area contributed by atoms with Crippen LogP contribution in [0.5, 0.6) is 0 Å². The predicted octanol–water partition coefficient (Wildman–Crippen LogP) is 5.55. The molecular weight excluding hydrogens is 585 g/mol. The minimum absolute atomic E-state index is 0.0520. The lowest BCUT2D eigenvalue weighted by Crippen LogP contribution is -2.47. The third-order valence-electron chi connectivity index (χ3n) is 7.29. The highest BCUT2D eigenvalue weighted by molar-refractivity contribution is 7.89. The van der Waals surface area contributed by atoms with Gasteiger partial charge >= 0.3 is 5.97 Å². The number of carbonyl (C=O) groups is 2. The Labute approximate surface area is 253 Å². The van der Waals surface area contributed by atoms with E-state index < -0.39 is 40.0 Å². The molecule has 224 valence electrons. The van der Waals surface area contributed by atoms with E-state index in [4.69, 9.17) is 27.9 Å². The van der Waals surface area contributed by atoms with Gasteiger partial charge in [-0.25, -0.2) is 8.42 Å². The summed E-state index contributed by atoms with van der Waals surface area (Å²) in [6.45, 7) is 8.21. The second kappa shape index (κ2) is 13.4. The maximum absolute atomic E-state index is 13.3. The summed E-state index contributed by atoms with van der Waals surface area (Å²) >= 11 is 11.9. The number of piperidine rings is 1. The van der Waals surface area contributed by atoms with Crippen LogP contribution in [0.15, 0.2) is 41.3 Å². The fourth-order valence-corrected chi connectivity index (χ4v) is 6.95. The largest absolute Gasteiger partial charge is 0.459 e. The molecule has 11 heteroatoms. The molecule has 0 unspecified atom stereocenters. The SMILES string of the molecule is CC(C)(C)OC(=O)[C@@H](CC(=O)N[C@@H]1CCCc2cc(CN3CCCCC3)ccc21)NS(=O)(=O)c1ccc(Cl)c(Cl)c1. The van der Waals surface area contributed by atoms with Crippen molar-refractivity contribution in [2.24, 2.45) is 0 Å². The lowest BCUT2D eigenvalue weighted by Gasteiger charge is -2.30. The van der Waals surface area contributed by atoms with Crippen LogP contribution in [-0.2, 0) is 37.3 Å². The summed E-state index contributed by atoms with van der Waals surface area (Å²) < 4.78 is 34.1. The number of carbonyl (C=O) groups excluding carboxylic acids is 2. The Morgan fingerprint density at radius 1 is 1.02 bits per heavy atom. The second-order valence-electron chi connectivity index (χ2n) is 11.9. The molecule has 1 heterocycles. The number of benzene rings is 2. The number of nitrogens with one attached hydrogen (secondary N) is 2. The number of aryl methyl sites for hydroxylation is 1. The van der Waals surface area contributed by atoms with Crippen LogP contribution >= 0.6 is 23.2 Å². The van der Waals surface area contributed by atoms with E-state index in [1.807, 2.05) is 0 Å². The number of amides is 1. The number of rotatable bonds is 9. The maximum Gasteiger partial charge on any atom is 0.325 e. The molecular formula is C30H39Cl2N3O5S. The van der Waals surface area contributed by atoms with Crippen molar-refractivity contribution in [1.82, 2.24) is 14.9 Å². The second-order valence-corrected chi connectivity index (χ2v) is 14.4. The molecule has 1 aliphatic heterocycles. The fourth-order valence-electron chi connectivity index (χ4n) is 5.38. The quantitative estimate of drug-likeness (QED) is 0.355. The number of esters is 1. The Kier molecular flexibility index (Phi) is 10.4. The van der Waals surface area contributed by atoms with Gasteiger partial charge in [0.05, 0.1) is 27.4 Å². The first kappa shape index (κ1) is 31.8. The first-order valence-corrected chi connectivity index (χ1v) is 16.4. The average molecular weight is 625 g/mol. The van der Waals surface area contributed by atoms with Crippen molar-refractivity contribution >= 4 is 45.1 Å². The molecule has 1 saturated heterocycles. The molecule has 2 atom stereocenters. The van der Waals surface area contributed by atoms with Gasteiger partial charge in [-0.05, 0) is 101 Å². The molecule has 4 rings (SSSR count). The van der Waals surface area contributed by atoms with Gasteiger partial charge in [-0.1, -0.05) is 47.8 Å². The molecule has 0 bridgehead atoms. The molecule has 1 fully saturated rings. The summed E-state index contributed by atoms with van der Waals surface area (Å²) in [6.07, 6.45) is 5.99. The summed E-state index contributed by atoms with van der Waals surface area (Å²) in [5.41, 5.74) is 2.69. The van der Waals surface area contributed by atoms with Gasteiger partial charge in [0, 0.05) is 6.54 Å². The zero-order valence-electron chi connectivity index (χ0n) is 23.8. The lowest BCUT2D eigenvalue weighted by molar-refractivity contribution is -0.158. The number of halogens is 2. The highest BCUT2D eigenvalue weighted by atomic mass is 35.5. The Morgan fingerprint density at radius 3 is 2.44 bits per heavy atom. The van der Waals surface area contributed by atoms with Crippen molar-refractivity contribution in [2.45, 2.75) is 94.8 Å². The summed E-state index contributed by atoms with van der Waals surface area (Å²) in [6, 6.07) is 8.63. The van der Waals surface area contributed by atoms with E-state index >= 15 is 0 Å². The molecule has 41 heavy (non-hydrogen) atoms. The normalized spacial score (nSPS) is 18.8. The Bertz CT molecular complexity index is 1370. The first-order valence-electron chi connectivity index (χ1n) is 14.1. The smallest absolute Gasteiger partial charge is 0.325 e. The van der Waals surface area contributed by atoms with Crippen LogP contribution in [0.25, 0.3) is 0 Å². The Balaban J connectivity index is 1.47. The van der Waals surface area contributed by atoms with Gasteiger partial charge < -0.3 is 10.1 Å². The molecule has 1 aliphatic carbocycles. The molecule has 8 nitrogen and oxygen atoms in total. The molecule has 0 aromatic heterocycles. The molecule has 0 spiro atoms. The highest BCUT2D eigenvalue weighted by Crippen LogP contribution is 2.31. The zero-order chi connectivity index (χ0) is 29.8. The van der Waals surface area contributed by atoms with E-state index in [0.29, 0.717) is 0 Å². The monoisotopic (exact) mass is 623 g/mol. The van der Waals surface area contributed by atoms with E-state index in [-0.39, 0.29) is 21.0 Å². The Morgan fingerprint density at radius 2 is 1.76 bits per heavy atom. The third kappa shape index (κ3) is 8.91. The van der Waals surface area contributed by atoms with Crippen molar-refractivity contribution < 1.29 is 22.7 Å². The molecule has 2 N–H and O–H groups in total. The maximum atomic E-state index is 13.3. The number of nitrogens with zero attached hydrogens (tertiary/aromatic N) is 1.